The molecular weight excluding hydrogens is 330 g/mol. The maximum Gasteiger partial charge on any atom is 0.134 e. The number of thiophene rings is 1. The van der Waals surface area contributed by atoms with Crippen LogP contribution < -0.4 is 4.90 Å². The Labute approximate surface area is 153 Å². The summed E-state index contributed by atoms with van der Waals surface area (Å²) >= 11 is 1.62. The Morgan fingerprint density at radius 1 is 1.28 bits per heavy atom. The molecule has 2 aromatic rings. The van der Waals surface area contributed by atoms with Gasteiger partial charge in [0.1, 0.15) is 16.8 Å². The van der Waals surface area contributed by atoms with Gasteiger partial charge in [-0.25, -0.2) is 4.99 Å². The fourth-order valence-electron chi connectivity index (χ4n) is 3.31. The smallest absolute Gasteiger partial charge is 0.134 e. The molecule has 0 bridgehead atoms. The van der Waals surface area contributed by atoms with Gasteiger partial charge in [0.15, 0.2) is 0 Å². The van der Waals surface area contributed by atoms with Crippen molar-refractivity contribution in [2.45, 2.75) is 39.5 Å². The van der Waals surface area contributed by atoms with E-state index in [0.29, 0.717) is 5.56 Å². The fraction of sp³-hybridized carbons (Fsp3) is 0.400. The molecule has 5 heteroatoms. The number of fused-ring (bicyclic) bond motifs is 1. The van der Waals surface area contributed by atoms with Crippen LogP contribution in [0, 0.1) is 11.3 Å². The Morgan fingerprint density at radius 3 is 2.72 bits per heavy atom. The molecule has 1 heterocycles. The molecule has 0 unspecified atom stereocenters. The maximum absolute atomic E-state index is 10.3. The SMILES string of the molecule is CCN(CC)c1ccc(C=Nc2sc3c(c2C#N)CCCC3)c(O)c1. The van der Waals surface area contributed by atoms with Crippen LogP contribution in [-0.4, -0.2) is 24.4 Å². The quantitative estimate of drug-likeness (QED) is 0.785. The molecule has 25 heavy (non-hydrogen) atoms. The fourth-order valence-corrected chi connectivity index (χ4v) is 4.50. The average molecular weight is 353 g/mol. The molecule has 1 N–H and O–H groups in total. The number of aliphatic imine (C=N–C) groups is 1. The number of nitriles is 1. The summed E-state index contributed by atoms with van der Waals surface area (Å²) in [7, 11) is 0. The molecule has 130 valence electrons. The molecule has 0 amide bonds. The van der Waals surface area contributed by atoms with Gasteiger partial charge in [0, 0.05) is 41.5 Å². The van der Waals surface area contributed by atoms with E-state index in [-0.39, 0.29) is 5.75 Å². The van der Waals surface area contributed by atoms with E-state index in [1.807, 2.05) is 12.1 Å². The average Bonchev–Trinajstić information content (AvgIpc) is 2.99. The summed E-state index contributed by atoms with van der Waals surface area (Å²) in [6.07, 6.45) is 6.03. The molecule has 1 aliphatic rings. The number of phenolic OH excluding ortho intramolecular Hbond substituents is 1. The van der Waals surface area contributed by atoms with Gasteiger partial charge in [-0.1, -0.05) is 0 Å². The molecule has 1 aliphatic carbocycles. The predicted molar refractivity (Wildman–Crippen MR) is 105 cm³/mol. The number of anilines is 1. The monoisotopic (exact) mass is 353 g/mol. The number of aryl methyl sites for hydroxylation is 1. The molecule has 0 aliphatic heterocycles. The van der Waals surface area contributed by atoms with Crippen molar-refractivity contribution in [1.29, 1.82) is 5.26 Å². The third kappa shape index (κ3) is 3.54. The lowest BCUT2D eigenvalue weighted by Gasteiger charge is -2.21. The van der Waals surface area contributed by atoms with Gasteiger partial charge in [0.2, 0.25) is 0 Å². The molecule has 0 saturated carbocycles. The molecule has 1 aromatic carbocycles. The van der Waals surface area contributed by atoms with Crippen LogP contribution >= 0.6 is 11.3 Å². The van der Waals surface area contributed by atoms with Gasteiger partial charge in [0.05, 0.1) is 5.56 Å². The number of hydrogen-bond donors (Lipinski definition) is 1. The Hall–Kier alpha value is -2.32. The summed E-state index contributed by atoms with van der Waals surface area (Å²) in [6.45, 7) is 5.99. The topological polar surface area (TPSA) is 59.6 Å². The second kappa shape index (κ2) is 7.71. The third-order valence-corrected chi connectivity index (χ3v) is 5.93. The first-order valence-corrected chi connectivity index (χ1v) is 9.66. The van der Waals surface area contributed by atoms with Crippen LogP contribution in [-0.2, 0) is 12.8 Å². The lowest BCUT2D eigenvalue weighted by Crippen LogP contribution is -2.21. The zero-order valence-corrected chi connectivity index (χ0v) is 15.6. The zero-order chi connectivity index (χ0) is 17.8. The number of phenols is 1. The summed E-state index contributed by atoms with van der Waals surface area (Å²) in [5.74, 6) is 0.216. The Morgan fingerprint density at radius 2 is 2.04 bits per heavy atom. The molecule has 0 radical (unpaired) electrons. The zero-order valence-electron chi connectivity index (χ0n) is 14.7. The van der Waals surface area contributed by atoms with Crippen LogP contribution in [0.15, 0.2) is 23.2 Å². The van der Waals surface area contributed by atoms with Crippen LogP contribution in [0.4, 0.5) is 10.7 Å². The number of benzene rings is 1. The molecule has 0 fully saturated rings. The first-order valence-electron chi connectivity index (χ1n) is 8.84. The van der Waals surface area contributed by atoms with E-state index in [9.17, 15) is 10.4 Å². The Balaban J connectivity index is 1.88. The van der Waals surface area contributed by atoms with Crippen molar-refractivity contribution < 1.29 is 5.11 Å². The second-order valence-electron chi connectivity index (χ2n) is 6.18. The van der Waals surface area contributed by atoms with E-state index >= 15 is 0 Å². The van der Waals surface area contributed by atoms with Crippen LogP contribution in [0.3, 0.4) is 0 Å². The van der Waals surface area contributed by atoms with Crippen molar-refractivity contribution in [3.05, 3.63) is 39.8 Å². The van der Waals surface area contributed by atoms with Gasteiger partial charge < -0.3 is 10.0 Å². The normalized spacial score (nSPS) is 13.6. The second-order valence-corrected chi connectivity index (χ2v) is 7.26. The highest BCUT2D eigenvalue weighted by molar-refractivity contribution is 7.16. The molecule has 3 rings (SSSR count). The Bertz CT molecular complexity index is 828. The van der Waals surface area contributed by atoms with Gasteiger partial charge in [-0.3, -0.25) is 0 Å². The first-order chi connectivity index (χ1) is 12.2. The highest BCUT2D eigenvalue weighted by Crippen LogP contribution is 2.39. The predicted octanol–water partition coefficient (Wildman–Crippen LogP) is 4.80. The molecule has 0 saturated heterocycles. The summed E-state index contributed by atoms with van der Waals surface area (Å²) < 4.78 is 0. The minimum atomic E-state index is 0.216. The first kappa shape index (κ1) is 17.5. The van der Waals surface area contributed by atoms with Crippen molar-refractivity contribution in [1.82, 2.24) is 0 Å². The van der Waals surface area contributed by atoms with Crippen LogP contribution in [0.2, 0.25) is 0 Å². The van der Waals surface area contributed by atoms with Crippen molar-refractivity contribution >= 4 is 28.2 Å². The summed E-state index contributed by atoms with van der Waals surface area (Å²) in [5, 5.41) is 20.6. The lowest BCUT2D eigenvalue weighted by atomic mass is 9.96. The third-order valence-electron chi connectivity index (χ3n) is 4.73. The highest BCUT2D eigenvalue weighted by Gasteiger charge is 2.20. The van der Waals surface area contributed by atoms with Crippen molar-refractivity contribution in [2.75, 3.05) is 18.0 Å². The van der Waals surface area contributed by atoms with Crippen molar-refractivity contribution in [3.8, 4) is 11.8 Å². The van der Waals surface area contributed by atoms with Crippen LogP contribution in [0.1, 0.15) is 48.3 Å². The maximum atomic E-state index is 10.3. The number of nitrogens with zero attached hydrogens (tertiary/aromatic N) is 3. The molecule has 1 aromatic heterocycles. The molecule has 0 spiro atoms. The number of hydrogen-bond acceptors (Lipinski definition) is 5. The molecule has 4 nitrogen and oxygen atoms in total. The van der Waals surface area contributed by atoms with Gasteiger partial charge in [-0.15, -0.1) is 11.3 Å². The summed E-state index contributed by atoms with van der Waals surface area (Å²) in [6, 6.07) is 7.98. The van der Waals surface area contributed by atoms with Crippen LogP contribution in [0.25, 0.3) is 0 Å². The molecule has 0 atom stereocenters. The number of aromatic hydroxyl groups is 1. The lowest BCUT2D eigenvalue weighted by molar-refractivity contribution is 0.474. The van der Waals surface area contributed by atoms with Gasteiger partial charge >= 0.3 is 0 Å². The number of rotatable bonds is 5. The van der Waals surface area contributed by atoms with Gasteiger partial charge in [-0.05, 0) is 57.2 Å². The minimum absolute atomic E-state index is 0.216. The minimum Gasteiger partial charge on any atom is -0.507 e. The van der Waals surface area contributed by atoms with Gasteiger partial charge in [-0.2, -0.15) is 5.26 Å². The van der Waals surface area contributed by atoms with E-state index < -0.39 is 0 Å². The highest BCUT2D eigenvalue weighted by atomic mass is 32.1. The standard InChI is InChI=1S/C20H23N3OS/c1-3-23(4-2)15-10-9-14(18(24)11-15)13-22-20-17(12-21)16-7-5-6-8-19(16)25-20/h9-11,13,24H,3-8H2,1-2H3. The summed E-state index contributed by atoms with van der Waals surface area (Å²) in [4.78, 5) is 8.01. The summed E-state index contributed by atoms with van der Waals surface area (Å²) in [5.41, 5.74) is 3.58. The Kier molecular flexibility index (Phi) is 5.40. The van der Waals surface area contributed by atoms with E-state index in [4.69, 9.17) is 0 Å². The van der Waals surface area contributed by atoms with E-state index in [1.54, 1.807) is 23.6 Å². The van der Waals surface area contributed by atoms with Gasteiger partial charge in [0.25, 0.3) is 0 Å². The van der Waals surface area contributed by atoms with Crippen molar-refractivity contribution in [3.63, 3.8) is 0 Å². The van der Waals surface area contributed by atoms with Crippen molar-refractivity contribution in [2.24, 2.45) is 4.99 Å². The van der Waals surface area contributed by atoms with E-state index in [0.717, 1.165) is 48.6 Å². The van der Waals surface area contributed by atoms with Crippen LogP contribution in [0.5, 0.6) is 5.75 Å². The molecular formula is C20H23N3OS. The van der Waals surface area contributed by atoms with E-state index in [1.165, 1.54) is 16.9 Å². The van der Waals surface area contributed by atoms with E-state index in [2.05, 4.69) is 29.8 Å². The largest absolute Gasteiger partial charge is 0.507 e.